The Hall–Kier alpha value is -2.14. The summed E-state index contributed by atoms with van der Waals surface area (Å²) in [6.45, 7) is 3.72. The first-order valence-corrected chi connectivity index (χ1v) is 6.14. The fourth-order valence-electron chi connectivity index (χ4n) is 1.92. The molecule has 1 aromatic heterocycles. The predicted molar refractivity (Wildman–Crippen MR) is 74.9 cm³/mol. The summed E-state index contributed by atoms with van der Waals surface area (Å²) in [4.78, 5) is 12.1. The number of nitrogens with two attached hydrogens (primary N) is 1. The zero-order valence-electron chi connectivity index (χ0n) is 11.3. The van der Waals surface area contributed by atoms with Gasteiger partial charge in [-0.2, -0.15) is 5.10 Å². The van der Waals surface area contributed by atoms with Crippen LogP contribution in [0.3, 0.4) is 0 Å². The quantitative estimate of drug-likeness (QED) is 0.884. The van der Waals surface area contributed by atoms with Gasteiger partial charge in [-0.3, -0.25) is 9.48 Å². The number of anilines is 1. The Morgan fingerprint density at radius 2 is 2.21 bits per heavy atom. The molecule has 0 radical (unpaired) electrons. The van der Waals surface area contributed by atoms with Crippen LogP contribution in [0.2, 0.25) is 0 Å². The number of benzene rings is 1. The van der Waals surface area contributed by atoms with Gasteiger partial charge in [-0.1, -0.05) is 12.1 Å². The predicted octanol–water partition coefficient (Wildman–Crippen LogP) is 2.00. The van der Waals surface area contributed by atoms with E-state index in [0.717, 1.165) is 11.3 Å². The van der Waals surface area contributed by atoms with Gasteiger partial charge < -0.3 is 11.1 Å². The normalized spacial score (nSPS) is 12.2. The second kappa shape index (κ2) is 5.24. The highest BCUT2D eigenvalue weighted by Gasteiger charge is 2.12. The van der Waals surface area contributed by atoms with Crippen LogP contribution in [0, 0.1) is 6.92 Å². The lowest BCUT2D eigenvalue weighted by Gasteiger charge is -2.09. The lowest BCUT2D eigenvalue weighted by molar-refractivity contribution is 0.102. The fourth-order valence-corrected chi connectivity index (χ4v) is 1.92. The largest absolute Gasteiger partial charge is 0.324 e. The van der Waals surface area contributed by atoms with Gasteiger partial charge in [0.1, 0.15) is 0 Å². The summed E-state index contributed by atoms with van der Waals surface area (Å²) in [7, 11) is 1.79. The SMILES string of the molecule is Cc1nn(C)cc1C(=O)Nc1cccc(C(C)N)c1. The van der Waals surface area contributed by atoms with Crippen LogP contribution in [0.4, 0.5) is 5.69 Å². The summed E-state index contributed by atoms with van der Waals surface area (Å²) in [5.74, 6) is -0.160. The average molecular weight is 258 g/mol. The van der Waals surface area contributed by atoms with Crippen LogP contribution in [0.15, 0.2) is 30.5 Å². The molecule has 0 fully saturated rings. The smallest absolute Gasteiger partial charge is 0.259 e. The molecule has 1 unspecified atom stereocenters. The fraction of sp³-hybridized carbons (Fsp3) is 0.286. The zero-order chi connectivity index (χ0) is 14.0. The van der Waals surface area contributed by atoms with Crippen molar-refractivity contribution in [2.24, 2.45) is 12.8 Å². The maximum atomic E-state index is 12.1. The standard InChI is InChI=1S/C14H18N4O/c1-9(15)11-5-4-6-12(7-11)16-14(19)13-8-18(3)17-10(13)2/h4-9H,15H2,1-3H3,(H,16,19). The van der Waals surface area contributed by atoms with Crippen LogP contribution in [-0.2, 0) is 7.05 Å². The minimum absolute atomic E-state index is 0.0584. The van der Waals surface area contributed by atoms with Crippen molar-refractivity contribution in [2.45, 2.75) is 19.9 Å². The summed E-state index contributed by atoms with van der Waals surface area (Å²) in [5.41, 5.74) is 8.84. The van der Waals surface area contributed by atoms with E-state index in [1.165, 1.54) is 0 Å². The van der Waals surface area contributed by atoms with Gasteiger partial charge in [0.05, 0.1) is 11.3 Å². The van der Waals surface area contributed by atoms with E-state index in [1.807, 2.05) is 38.1 Å². The number of aryl methyl sites for hydroxylation is 2. The molecule has 0 aliphatic heterocycles. The van der Waals surface area contributed by atoms with Gasteiger partial charge in [-0.15, -0.1) is 0 Å². The molecule has 0 saturated heterocycles. The molecule has 2 aromatic rings. The van der Waals surface area contributed by atoms with E-state index >= 15 is 0 Å². The maximum Gasteiger partial charge on any atom is 0.259 e. The topological polar surface area (TPSA) is 72.9 Å². The molecule has 0 spiro atoms. The minimum Gasteiger partial charge on any atom is -0.324 e. The van der Waals surface area contributed by atoms with Crippen LogP contribution in [0.25, 0.3) is 0 Å². The average Bonchev–Trinajstić information content (AvgIpc) is 2.69. The molecule has 1 amide bonds. The number of rotatable bonds is 3. The van der Waals surface area contributed by atoms with E-state index in [4.69, 9.17) is 5.73 Å². The van der Waals surface area contributed by atoms with Gasteiger partial charge in [-0.05, 0) is 31.5 Å². The molecule has 0 bridgehead atoms. The van der Waals surface area contributed by atoms with Gasteiger partial charge in [0.25, 0.3) is 5.91 Å². The molecular formula is C14H18N4O. The number of aromatic nitrogens is 2. The third kappa shape index (κ3) is 3.00. The van der Waals surface area contributed by atoms with Gasteiger partial charge in [0.2, 0.25) is 0 Å². The van der Waals surface area contributed by atoms with E-state index in [9.17, 15) is 4.79 Å². The summed E-state index contributed by atoms with van der Waals surface area (Å²) >= 11 is 0. The first-order valence-electron chi connectivity index (χ1n) is 6.14. The monoisotopic (exact) mass is 258 g/mol. The molecule has 1 heterocycles. The molecule has 5 heteroatoms. The Kier molecular flexibility index (Phi) is 3.66. The van der Waals surface area contributed by atoms with E-state index in [-0.39, 0.29) is 11.9 Å². The molecule has 1 aromatic carbocycles. The van der Waals surface area contributed by atoms with Gasteiger partial charge in [0, 0.05) is 25.0 Å². The maximum absolute atomic E-state index is 12.1. The molecule has 2 rings (SSSR count). The molecule has 3 N–H and O–H groups in total. The molecule has 1 atom stereocenters. The summed E-state index contributed by atoms with van der Waals surface area (Å²) in [6, 6.07) is 7.49. The zero-order valence-corrected chi connectivity index (χ0v) is 11.3. The van der Waals surface area contributed by atoms with Gasteiger partial charge in [0.15, 0.2) is 0 Å². The number of nitrogens with one attached hydrogen (secondary N) is 1. The van der Waals surface area contributed by atoms with Gasteiger partial charge >= 0.3 is 0 Å². The van der Waals surface area contributed by atoms with Crippen LogP contribution >= 0.6 is 0 Å². The van der Waals surface area contributed by atoms with Crippen molar-refractivity contribution in [2.75, 3.05) is 5.32 Å². The molecule has 100 valence electrons. The molecule has 5 nitrogen and oxygen atoms in total. The highest BCUT2D eigenvalue weighted by Crippen LogP contribution is 2.17. The van der Waals surface area contributed by atoms with Crippen LogP contribution in [0.1, 0.15) is 34.6 Å². The Morgan fingerprint density at radius 3 is 2.79 bits per heavy atom. The summed E-state index contributed by atoms with van der Waals surface area (Å²) in [6.07, 6.45) is 1.71. The number of nitrogens with zero attached hydrogens (tertiary/aromatic N) is 2. The molecule has 0 saturated carbocycles. The highest BCUT2D eigenvalue weighted by molar-refractivity contribution is 6.04. The Labute approximate surface area is 112 Å². The summed E-state index contributed by atoms with van der Waals surface area (Å²) in [5, 5.41) is 7.02. The second-order valence-corrected chi connectivity index (χ2v) is 4.67. The van der Waals surface area contributed by atoms with Crippen LogP contribution in [-0.4, -0.2) is 15.7 Å². The molecule has 0 aliphatic carbocycles. The van der Waals surface area contributed by atoms with Crippen molar-refractivity contribution in [1.82, 2.24) is 9.78 Å². The molecule has 0 aliphatic rings. The highest BCUT2D eigenvalue weighted by atomic mass is 16.1. The lowest BCUT2D eigenvalue weighted by atomic mass is 10.1. The lowest BCUT2D eigenvalue weighted by Crippen LogP contribution is -2.13. The number of hydrogen-bond donors (Lipinski definition) is 2. The van der Waals surface area contributed by atoms with Crippen LogP contribution in [0.5, 0.6) is 0 Å². The van der Waals surface area contributed by atoms with Crippen molar-refractivity contribution in [3.05, 3.63) is 47.3 Å². The van der Waals surface area contributed by atoms with E-state index in [0.29, 0.717) is 11.3 Å². The van der Waals surface area contributed by atoms with Crippen molar-refractivity contribution < 1.29 is 4.79 Å². The Bertz CT molecular complexity index is 601. The van der Waals surface area contributed by atoms with Crippen molar-refractivity contribution >= 4 is 11.6 Å². The number of carbonyl (C=O) groups is 1. The number of amides is 1. The van der Waals surface area contributed by atoms with Crippen LogP contribution < -0.4 is 11.1 Å². The van der Waals surface area contributed by atoms with Crippen molar-refractivity contribution in [3.8, 4) is 0 Å². The van der Waals surface area contributed by atoms with Crippen molar-refractivity contribution in [1.29, 1.82) is 0 Å². The van der Waals surface area contributed by atoms with E-state index in [2.05, 4.69) is 10.4 Å². The molecular weight excluding hydrogens is 240 g/mol. The second-order valence-electron chi connectivity index (χ2n) is 4.67. The Balaban J connectivity index is 2.19. The first-order chi connectivity index (χ1) is 8.97. The first kappa shape index (κ1) is 13.3. The minimum atomic E-state index is -0.160. The number of hydrogen-bond acceptors (Lipinski definition) is 3. The third-order valence-corrected chi connectivity index (χ3v) is 2.93. The molecule has 19 heavy (non-hydrogen) atoms. The van der Waals surface area contributed by atoms with E-state index < -0.39 is 0 Å². The van der Waals surface area contributed by atoms with Crippen molar-refractivity contribution in [3.63, 3.8) is 0 Å². The third-order valence-electron chi connectivity index (χ3n) is 2.93. The van der Waals surface area contributed by atoms with Gasteiger partial charge in [-0.25, -0.2) is 0 Å². The Morgan fingerprint density at radius 1 is 1.47 bits per heavy atom. The summed E-state index contributed by atoms with van der Waals surface area (Å²) < 4.78 is 1.63. The number of carbonyl (C=O) groups excluding carboxylic acids is 1. The van der Waals surface area contributed by atoms with E-state index in [1.54, 1.807) is 17.9 Å².